The third-order valence-electron chi connectivity index (χ3n) is 3.00. The maximum Gasteiger partial charge on any atom is 0.125 e. The molecule has 4 nitrogen and oxygen atoms in total. The van der Waals surface area contributed by atoms with E-state index in [0.717, 1.165) is 25.2 Å². The summed E-state index contributed by atoms with van der Waals surface area (Å²) >= 11 is 0. The van der Waals surface area contributed by atoms with Crippen molar-refractivity contribution in [1.82, 2.24) is 19.9 Å². The Labute approximate surface area is 108 Å². The van der Waals surface area contributed by atoms with E-state index in [2.05, 4.69) is 38.9 Å². The minimum Gasteiger partial charge on any atom is -0.337 e. The molecule has 2 rings (SSSR count). The van der Waals surface area contributed by atoms with Crippen molar-refractivity contribution in [3.63, 3.8) is 0 Å². The molecule has 0 aliphatic heterocycles. The largest absolute Gasteiger partial charge is 0.337 e. The molecular formula is C14H20N4. The van der Waals surface area contributed by atoms with Crippen LogP contribution in [-0.4, -0.2) is 21.1 Å². The van der Waals surface area contributed by atoms with E-state index in [-0.39, 0.29) is 6.04 Å². The van der Waals surface area contributed by atoms with Gasteiger partial charge in [-0.25, -0.2) is 4.98 Å². The first-order valence-corrected chi connectivity index (χ1v) is 6.40. The average molecular weight is 244 g/mol. The Morgan fingerprint density at radius 2 is 2.06 bits per heavy atom. The van der Waals surface area contributed by atoms with Gasteiger partial charge in [-0.2, -0.15) is 0 Å². The molecule has 0 radical (unpaired) electrons. The number of rotatable bonds is 6. The molecule has 96 valence electrons. The van der Waals surface area contributed by atoms with Crippen molar-refractivity contribution in [2.75, 3.05) is 6.54 Å². The molecular weight excluding hydrogens is 224 g/mol. The smallest absolute Gasteiger partial charge is 0.125 e. The molecule has 2 heterocycles. The number of nitrogens with one attached hydrogen (secondary N) is 1. The first kappa shape index (κ1) is 12.8. The molecule has 0 aliphatic carbocycles. The summed E-state index contributed by atoms with van der Waals surface area (Å²) in [5.74, 6) is 1.08. The zero-order valence-electron chi connectivity index (χ0n) is 11.0. The van der Waals surface area contributed by atoms with E-state index in [9.17, 15) is 0 Å². The summed E-state index contributed by atoms with van der Waals surface area (Å²) in [5.41, 5.74) is 1.28. The van der Waals surface area contributed by atoms with E-state index in [1.54, 1.807) is 0 Å². The number of aryl methyl sites for hydroxylation is 1. The lowest BCUT2D eigenvalue weighted by molar-refractivity contribution is 0.491. The summed E-state index contributed by atoms with van der Waals surface area (Å²) in [6.45, 7) is 3.18. The molecule has 0 spiro atoms. The Morgan fingerprint density at radius 1 is 1.28 bits per heavy atom. The lowest BCUT2D eigenvalue weighted by Crippen LogP contribution is -2.26. The number of aromatic nitrogens is 3. The summed E-state index contributed by atoms with van der Waals surface area (Å²) in [7, 11) is 2.04. The normalized spacial score (nSPS) is 12.6. The number of imidazole rings is 1. The van der Waals surface area contributed by atoms with Crippen LogP contribution in [0, 0.1) is 0 Å². The molecule has 0 bridgehead atoms. The van der Waals surface area contributed by atoms with Crippen LogP contribution in [0.25, 0.3) is 0 Å². The van der Waals surface area contributed by atoms with E-state index in [1.165, 1.54) is 5.56 Å². The average Bonchev–Trinajstić information content (AvgIpc) is 2.82. The van der Waals surface area contributed by atoms with Gasteiger partial charge < -0.3 is 9.88 Å². The van der Waals surface area contributed by atoms with Crippen molar-refractivity contribution in [3.05, 3.63) is 48.3 Å². The molecule has 0 fully saturated rings. The monoisotopic (exact) mass is 244 g/mol. The summed E-state index contributed by atoms with van der Waals surface area (Å²) in [5, 5.41) is 3.56. The molecule has 1 N–H and O–H groups in total. The minimum absolute atomic E-state index is 0.257. The molecule has 0 aromatic carbocycles. The van der Waals surface area contributed by atoms with E-state index in [0.29, 0.717) is 0 Å². The maximum absolute atomic E-state index is 4.45. The van der Waals surface area contributed by atoms with E-state index < -0.39 is 0 Å². The van der Waals surface area contributed by atoms with Gasteiger partial charge in [-0.1, -0.05) is 6.92 Å². The number of hydrogen-bond donors (Lipinski definition) is 1. The standard InChI is InChI=1S/C14H20N4/c1-3-6-16-13(14-17-9-10-18(14)2)11-12-4-7-15-8-5-12/h4-5,7-10,13,16H,3,6,11H2,1-2H3. The van der Waals surface area contributed by atoms with Crippen molar-refractivity contribution < 1.29 is 0 Å². The highest BCUT2D eigenvalue weighted by Gasteiger charge is 2.15. The van der Waals surface area contributed by atoms with Gasteiger partial charge in [0.05, 0.1) is 6.04 Å². The van der Waals surface area contributed by atoms with Crippen LogP contribution in [0.2, 0.25) is 0 Å². The van der Waals surface area contributed by atoms with Crippen LogP contribution in [0.3, 0.4) is 0 Å². The lowest BCUT2D eigenvalue weighted by atomic mass is 10.1. The summed E-state index contributed by atoms with van der Waals surface area (Å²) < 4.78 is 2.08. The molecule has 0 saturated carbocycles. The molecule has 0 amide bonds. The maximum atomic E-state index is 4.45. The Balaban J connectivity index is 2.13. The highest BCUT2D eigenvalue weighted by Crippen LogP contribution is 2.16. The van der Waals surface area contributed by atoms with Crippen LogP contribution in [0.4, 0.5) is 0 Å². The van der Waals surface area contributed by atoms with E-state index in [4.69, 9.17) is 0 Å². The SMILES string of the molecule is CCCNC(Cc1ccncc1)c1nccn1C. The molecule has 0 aliphatic rings. The second-order valence-corrected chi connectivity index (χ2v) is 4.46. The zero-order valence-corrected chi connectivity index (χ0v) is 11.0. The first-order valence-electron chi connectivity index (χ1n) is 6.40. The van der Waals surface area contributed by atoms with Crippen LogP contribution < -0.4 is 5.32 Å². The van der Waals surface area contributed by atoms with Gasteiger partial charge in [0.2, 0.25) is 0 Å². The highest BCUT2D eigenvalue weighted by atomic mass is 15.1. The molecule has 4 heteroatoms. The van der Waals surface area contributed by atoms with Crippen molar-refractivity contribution in [2.45, 2.75) is 25.8 Å². The molecule has 1 unspecified atom stereocenters. The van der Waals surface area contributed by atoms with Gasteiger partial charge in [-0.15, -0.1) is 0 Å². The fourth-order valence-corrected chi connectivity index (χ4v) is 2.04. The van der Waals surface area contributed by atoms with Crippen molar-refractivity contribution in [1.29, 1.82) is 0 Å². The second kappa shape index (κ2) is 6.31. The first-order chi connectivity index (χ1) is 8.81. The van der Waals surface area contributed by atoms with Crippen LogP contribution in [-0.2, 0) is 13.5 Å². The van der Waals surface area contributed by atoms with Gasteiger partial charge >= 0.3 is 0 Å². The van der Waals surface area contributed by atoms with Gasteiger partial charge in [0, 0.05) is 31.8 Å². The van der Waals surface area contributed by atoms with Crippen LogP contribution in [0.5, 0.6) is 0 Å². The quantitative estimate of drug-likeness (QED) is 0.846. The Morgan fingerprint density at radius 3 is 2.67 bits per heavy atom. The van der Waals surface area contributed by atoms with E-state index >= 15 is 0 Å². The van der Waals surface area contributed by atoms with Crippen LogP contribution >= 0.6 is 0 Å². The Bertz CT molecular complexity index is 464. The molecule has 2 aromatic rings. The zero-order chi connectivity index (χ0) is 12.8. The molecule has 2 aromatic heterocycles. The van der Waals surface area contributed by atoms with Gasteiger partial charge in [0.1, 0.15) is 5.82 Å². The third-order valence-corrected chi connectivity index (χ3v) is 3.00. The van der Waals surface area contributed by atoms with Gasteiger partial charge in [-0.3, -0.25) is 4.98 Å². The van der Waals surface area contributed by atoms with Gasteiger partial charge in [0.25, 0.3) is 0 Å². The van der Waals surface area contributed by atoms with Gasteiger partial charge in [-0.05, 0) is 37.1 Å². The molecule has 1 atom stereocenters. The summed E-state index contributed by atoms with van der Waals surface area (Å²) in [6.07, 6.45) is 9.57. The van der Waals surface area contributed by atoms with Crippen molar-refractivity contribution in [2.24, 2.45) is 7.05 Å². The molecule has 18 heavy (non-hydrogen) atoms. The Hall–Kier alpha value is -1.68. The molecule has 0 saturated heterocycles. The predicted octanol–water partition coefficient (Wildman–Crippen LogP) is 2.10. The third kappa shape index (κ3) is 3.17. The summed E-state index contributed by atoms with van der Waals surface area (Å²) in [6, 6.07) is 4.37. The van der Waals surface area contributed by atoms with Gasteiger partial charge in [0.15, 0.2) is 0 Å². The topological polar surface area (TPSA) is 42.7 Å². The van der Waals surface area contributed by atoms with Crippen LogP contribution in [0.15, 0.2) is 36.9 Å². The minimum atomic E-state index is 0.257. The number of hydrogen-bond acceptors (Lipinski definition) is 3. The Kier molecular flexibility index (Phi) is 4.47. The van der Waals surface area contributed by atoms with Crippen LogP contribution in [0.1, 0.15) is 30.8 Å². The van der Waals surface area contributed by atoms with E-state index in [1.807, 2.05) is 31.8 Å². The predicted molar refractivity (Wildman–Crippen MR) is 72.2 cm³/mol. The van der Waals surface area contributed by atoms with Crippen molar-refractivity contribution >= 4 is 0 Å². The lowest BCUT2D eigenvalue weighted by Gasteiger charge is -2.18. The van der Waals surface area contributed by atoms with Crippen molar-refractivity contribution in [3.8, 4) is 0 Å². The second-order valence-electron chi connectivity index (χ2n) is 4.46. The number of nitrogens with zero attached hydrogens (tertiary/aromatic N) is 3. The number of pyridine rings is 1. The summed E-state index contributed by atoms with van der Waals surface area (Å²) in [4.78, 5) is 8.50. The fourth-order valence-electron chi connectivity index (χ4n) is 2.04. The fraction of sp³-hybridized carbons (Fsp3) is 0.429. The highest BCUT2D eigenvalue weighted by molar-refractivity contribution is 5.14.